The van der Waals surface area contributed by atoms with Crippen molar-refractivity contribution in [2.24, 2.45) is 9.98 Å². The highest BCUT2D eigenvalue weighted by atomic mass is 16.3. The number of H-pyrrole nitrogens is 2. The maximum absolute atomic E-state index is 12.9. The number of urea groups is 2. The van der Waals surface area contributed by atoms with Crippen LogP contribution in [0.3, 0.4) is 0 Å². The third-order valence-corrected chi connectivity index (χ3v) is 17.1. The molecule has 24 heteroatoms. The summed E-state index contributed by atoms with van der Waals surface area (Å²) in [5.41, 5.74) is 6.99. The summed E-state index contributed by atoms with van der Waals surface area (Å²) in [6.07, 6.45) is 20.7. The molecule has 0 atom stereocenters. The standard InChI is InChI=1S/C23H15N3O3.C22H15N3O3.C20H16N2O3.C19H14N4O3/c27-21-18(12-15-13-24-19-10-4-3-8-16(15)19)22(28)26(23(29)25-21)20-11-5-7-14-6-1-2-9-17(14)20;26-20-17(12-4-9-15-7-2-1-3-8-15)21(27)25(22(28)24-20)18-13-5-10-16-11-6-14-23-19(16)18;1-14-7-5-11-16(13-14)22-19(24)17(18(23)21-20(22)25)12-6-10-15-8-3-2-4-9-15;24-17-15(8-13-10-21-16-6-2-1-5-14(13)16)18(25)23(19(26)22-17)11-12-4-3-7-20-9-12/h1-13,28H,(H,25,27,29);1-14H,(H,24,26,28);2-13H,1H3,(H,21,23,25);1-10,25H,11H2,(H,22,24,26)/b;9-4+,17-12-;10-6+,17-12-;. The number of hydrogen-bond donors (Lipinski definition) is 6. The number of imide groups is 4. The first-order valence-electron chi connectivity index (χ1n) is 33.4. The summed E-state index contributed by atoms with van der Waals surface area (Å²) < 4.78 is 2.22. The van der Waals surface area contributed by atoms with Gasteiger partial charge in [-0.3, -0.25) is 73.9 Å². The van der Waals surface area contributed by atoms with E-state index in [9.17, 15) is 58.2 Å². The van der Waals surface area contributed by atoms with Gasteiger partial charge >= 0.3 is 23.4 Å². The quantitative estimate of drug-likeness (QED) is 0.0518. The van der Waals surface area contributed by atoms with Gasteiger partial charge in [-0.25, -0.2) is 33.5 Å². The molecule has 0 saturated carbocycles. The SMILES string of the molecule is Cc1cccc(N2C(=O)NC(=O)/C(=C/C=C/c3ccccc3)C2=O)c1.O=C1NC(=O)N(c2cccc3cccnc23)C(=O)/C1=C\C=C\c1ccccc1.O=c1[nH]c(=O)n(-c2cccc3ccccc23)c(O)c1C=C1C=Nc2ccccc21.O=c1[nH]c(=O)n(Cc2cccnc2)c(O)c1C=C1C=Nc2ccccc21. The predicted molar refractivity (Wildman–Crippen MR) is 415 cm³/mol. The number of anilines is 2. The third-order valence-electron chi connectivity index (χ3n) is 17.1. The summed E-state index contributed by atoms with van der Waals surface area (Å²) in [5.74, 6) is -3.57. The first kappa shape index (κ1) is 71.0. The molecule has 24 nitrogen and oxygen atoms in total. The van der Waals surface area contributed by atoms with Gasteiger partial charge in [0.2, 0.25) is 11.8 Å². The summed E-state index contributed by atoms with van der Waals surface area (Å²) in [7, 11) is 0. The molecule has 2 saturated heterocycles. The van der Waals surface area contributed by atoms with Crippen molar-refractivity contribution in [3.05, 3.63) is 359 Å². The molecule has 4 aliphatic heterocycles. The first-order chi connectivity index (χ1) is 52.5. The largest absolute Gasteiger partial charge is 0.494 e. The van der Waals surface area contributed by atoms with E-state index in [0.717, 1.165) is 79.8 Å². The Hall–Kier alpha value is -15.5. The molecule has 0 bridgehead atoms. The number of aryl methyl sites for hydroxylation is 1. The van der Waals surface area contributed by atoms with Gasteiger partial charge < -0.3 is 10.2 Å². The minimum atomic E-state index is -0.794. The Morgan fingerprint density at radius 3 is 1.59 bits per heavy atom. The predicted octanol–water partition coefficient (Wildman–Crippen LogP) is 12.3. The summed E-state index contributed by atoms with van der Waals surface area (Å²) >= 11 is 0. The Morgan fingerprint density at radius 2 is 0.981 bits per heavy atom. The highest BCUT2D eigenvalue weighted by molar-refractivity contribution is 6.39. The van der Waals surface area contributed by atoms with E-state index in [4.69, 9.17) is 0 Å². The van der Waals surface area contributed by atoms with Crippen LogP contribution in [0.15, 0.2) is 302 Å². The van der Waals surface area contributed by atoms with Crippen LogP contribution in [0.1, 0.15) is 44.5 Å². The van der Waals surface area contributed by atoms with Gasteiger partial charge in [0.1, 0.15) is 22.3 Å². The molecule has 12 aromatic rings. The number of hydrogen-bond acceptors (Lipinski definition) is 16. The minimum absolute atomic E-state index is 0.00399. The van der Waals surface area contributed by atoms with Crippen LogP contribution < -0.4 is 42.9 Å². The maximum atomic E-state index is 12.9. The highest BCUT2D eigenvalue weighted by Crippen LogP contribution is 2.36. The molecule has 8 heterocycles. The monoisotopic (exact) mass is 1430 g/mol. The second-order valence-electron chi connectivity index (χ2n) is 24.2. The Morgan fingerprint density at radius 1 is 0.472 bits per heavy atom. The molecule has 0 radical (unpaired) electrons. The van der Waals surface area contributed by atoms with Crippen LogP contribution in [-0.2, 0) is 25.7 Å². The van der Waals surface area contributed by atoms with Gasteiger partial charge in [-0.2, -0.15) is 0 Å². The number of allylic oxidation sites excluding steroid dienone is 6. The van der Waals surface area contributed by atoms with Gasteiger partial charge in [-0.15, -0.1) is 0 Å². The Bertz CT molecular complexity index is 6140. The smallest absolute Gasteiger partial charge is 0.336 e. The highest BCUT2D eigenvalue weighted by Gasteiger charge is 2.38. The summed E-state index contributed by atoms with van der Waals surface area (Å²) in [4.78, 5) is 147. The molecule has 0 aliphatic carbocycles. The lowest BCUT2D eigenvalue weighted by atomic mass is 10.0. The van der Waals surface area contributed by atoms with Crippen molar-refractivity contribution < 1.29 is 39.0 Å². The number of nitrogens with zero attached hydrogens (tertiary/aromatic N) is 8. The second-order valence-corrected chi connectivity index (χ2v) is 24.2. The number of aliphatic imine (C=N–C) groups is 2. The van der Waals surface area contributed by atoms with E-state index in [1.165, 1.54) is 18.2 Å². The number of carbonyl (C=O) groups excluding carboxylic acids is 6. The summed E-state index contributed by atoms with van der Waals surface area (Å²) in [5, 5.41) is 28.4. The Kier molecular flexibility index (Phi) is 20.9. The zero-order valence-electron chi connectivity index (χ0n) is 57.1. The molecule has 528 valence electrons. The third kappa shape index (κ3) is 15.5. The number of aromatic hydroxyl groups is 2. The average molecular weight is 1430 g/mol. The van der Waals surface area contributed by atoms with Crippen molar-refractivity contribution in [1.82, 2.24) is 39.7 Å². The number of amides is 8. The number of aromatic nitrogens is 6. The first-order valence-corrected chi connectivity index (χ1v) is 33.4. The topological polar surface area (TPSA) is 334 Å². The molecule has 4 aliphatic rings. The minimum Gasteiger partial charge on any atom is -0.494 e. The van der Waals surface area contributed by atoms with Crippen LogP contribution >= 0.6 is 0 Å². The fourth-order valence-corrected chi connectivity index (χ4v) is 11.9. The van der Waals surface area contributed by atoms with Gasteiger partial charge in [0, 0.05) is 64.1 Å². The number of fused-ring (bicyclic) bond motifs is 4. The Labute approximate surface area is 613 Å². The van der Waals surface area contributed by atoms with Gasteiger partial charge in [0.15, 0.2) is 0 Å². The Balaban J connectivity index is 0.000000127. The van der Waals surface area contributed by atoms with E-state index in [1.54, 1.807) is 122 Å². The van der Waals surface area contributed by atoms with Crippen LogP contribution in [0.25, 0.3) is 62.8 Å². The molecule has 4 aromatic heterocycles. The molecule has 0 spiro atoms. The number of para-hydroxylation sites is 3. The van der Waals surface area contributed by atoms with Crippen molar-refractivity contribution in [1.29, 1.82) is 0 Å². The van der Waals surface area contributed by atoms with Crippen molar-refractivity contribution in [3.8, 4) is 17.4 Å². The molecule has 16 rings (SSSR count). The number of carbonyl (C=O) groups is 6. The second kappa shape index (κ2) is 31.8. The van der Waals surface area contributed by atoms with Crippen molar-refractivity contribution in [3.63, 3.8) is 0 Å². The average Bonchev–Trinajstić information content (AvgIpc) is 1.71. The van der Waals surface area contributed by atoms with Gasteiger partial charge in [0.25, 0.3) is 34.7 Å². The van der Waals surface area contributed by atoms with E-state index in [2.05, 4.69) is 40.6 Å². The molecule has 8 aromatic carbocycles. The summed E-state index contributed by atoms with van der Waals surface area (Å²) in [6, 6.07) is 64.7. The number of benzene rings is 8. The normalized spacial score (nSPS) is 15.1. The maximum Gasteiger partial charge on any atom is 0.336 e. The number of aromatic amines is 2. The molecule has 8 amide bonds. The van der Waals surface area contributed by atoms with E-state index < -0.39 is 69.9 Å². The van der Waals surface area contributed by atoms with Gasteiger partial charge in [0.05, 0.1) is 40.5 Å². The lowest BCUT2D eigenvalue weighted by Crippen LogP contribution is -2.54. The fraction of sp³-hybridized carbons (Fsp3) is 0.0238. The van der Waals surface area contributed by atoms with Crippen LogP contribution in [0.2, 0.25) is 0 Å². The van der Waals surface area contributed by atoms with Crippen LogP contribution in [0.4, 0.5) is 32.3 Å². The molecule has 108 heavy (non-hydrogen) atoms. The number of rotatable bonds is 11. The van der Waals surface area contributed by atoms with Gasteiger partial charge in [-0.05, 0) is 107 Å². The fourth-order valence-electron chi connectivity index (χ4n) is 11.9. The van der Waals surface area contributed by atoms with Crippen molar-refractivity contribution in [2.75, 3.05) is 9.80 Å². The summed E-state index contributed by atoms with van der Waals surface area (Å²) in [6.45, 7) is 1.95. The number of nitrogens with one attached hydrogen (secondary N) is 4. The number of barbiturate groups is 2. The zero-order chi connectivity index (χ0) is 75.4. The van der Waals surface area contributed by atoms with E-state index in [-0.39, 0.29) is 28.8 Å². The van der Waals surface area contributed by atoms with E-state index in [0.29, 0.717) is 33.7 Å². The molecule has 0 unspecified atom stereocenters. The molecular formula is C84H60N12O12. The molecular weight excluding hydrogens is 1370 g/mol. The lowest BCUT2D eigenvalue weighted by Gasteiger charge is -2.26. The van der Waals surface area contributed by atoms with Crippen molar-refractivity contribution >= 4 is 128 Å². The zero-order valence-corrected chi connectivity index (χ0v) is 57.1. The number of pyridine rings is 2. The lowest BCUT2D eigenvalue weighted by molar-refractivity contribution is -0.124. The van der Waals surface area contributed by atoms with E-state index >= 15 is 0 Å². The molecule has 2 fully saturated rings. The van der Waals surface area contributed by atoms with Crippen LogP contribution in [-0.4, -0.2) is 87.4 Å². The van der Waals surface area contributed by atoms with Crippen LogP contribution in [0.5, 0.6) is 11.8 Å². The van der Waals surface area contributed by atoms with E-state index in [1.807, 2.05) is 165 Å². The molecule has 6 N–H and O–H groups in total. The van der Waals surface area contributed by atoms with Crippen LogP contribution in [0, 0.1) is 6.92 Å². The van der Waals surface area contributed by atoms with Crippen molar-refractivity contribution in [2.45, 2.75) is 13.5 Å². The van der Waals surface area contributed by atoms with Gasteiger partial charge in [-0.1, -0.05) is 194 Å².